The van der Waals surface area contributed by atoms with Gasteiger partial charge in [0, 0.05) is 29.9 Å². The second-order valence-corrected chi connectivity index (χ2v) is 5.24. The van der Waals surface area contributed by atoms with Crippen LogP contribution >= 0.6 is 0 Å². The number of hydrogen-bond donors (Lipinski definition) is 2. The largest absolute Gasteiger partial charge is 0.508 e. The number of anilines is 1. The number of nitrogens with one attached hydrogen (secondary N) is 1. The molecule has 0 saturated heterocycles. The highest BCUT2D eigenvalue weighted by Crippen LogP contribution is 2.20. The molecule has 0 fully saturated rings. The van der Waals surface area contributed by atoms with E-state index in [1.165, 1.54) is 0 Å². The third kappa shape index (κ3) is 2.81. The van der Waals surface area contributed by atoms with Gasteiger partial charge < -0.3 is 15.0 Å². The second-order valence-electron chi connectivity index (χ2n) is 5.24. The highest BCUT2D eigenvalue weighted by molar-refractivity contribution is 5.78. The molecular formula is C18H18N2O2. The van der Waals surface area contributed by atoms with E-state index in [1.54, 1.807) is 12.1 Å². The number of fused-ring (bicyclic) bond motifs is 1. The standard InChI is InChI=1S/C18H18N2O2/c1-2-20(15-7-9-16(21)10-8-15)12-14-11-13-5-3-4-6-17(13)19-18(14)22/h3-11,21H,2,12H2,1H3,(H,19,22). The second kappa shape index (κ2) is 5.93. The predicted molar refractivity (Wildman–Crippen MR) is 89.4 cm³/mol. The fourth-order valence-corrected chi connectivity index (χ4v) is 2.56. The number of benzene rings is 2. The molecule has 4 heteroatoms. The SMILES string of the molecule is CCN(Cc1cc2ccccc2[nH]c1=O)c1ccc(O)cc1. The van der Waals surface area contributed by atoms with E-state index in [1.807, 2.05) is 49.4 Å². The molecule has 0 aliphatic rings. The van der Waals surface area contributed by atoms with Crippen molar-refractivity contribution in [1.29, 1.82) is 0 Å². The molecule has 0 atom stereocenters. The molecule has 112 valence electrons. The van der Waals surface area contributed by atoms with Gasteiger partial charge >= 0.3 is 0 Å². The summed E-state index contributed by atoms with van der Waals surface area (Å²) in [7, 11) is 0. The minimum Gasteiger partial charge on any atom is -0.508 e. The van der Waals surface area contributed by atoms with Crippen LogP contribution in [0.15, 0.2) is 59.4 Å². The van der Waals surface area contributed by atoms with E-state index in [4.69, 9.17) is 0 Å². The van der Waals surface area contributed by atoms with Crippen molar-refractivity contribution in [1.82, 2.24) is 4.98 Å². The molecule has 3 aromatic rings. The summed E-state index contributed by atoms with van der Waals surface area (Å²) in [6.07, 6.45) is 0. The molecule has 1 aromatic heterocycles. The molecule has 0 aliphatic carbocycles. The third-order valence-electron chi connectivity index (χ3n) is 3.79. The van der Waals surface area contributed by atoms with Crippen LogP contribution < -0.4 is 10.5 Å². The molecule has 0 unspecified atom stereocenters. The Kier molecular flexibility index (Phi) is 3.83. The number of aromatic hydroxyl groups is 1. The van der Waals surface area contributed by atoms with Gasteiger partial charge in [-0.3, -0.25) is 4.79 Å². The van der Waals surface area contributed by atoms with Crippen LogP contribution in [0.4, 0.5) is 5.69 Å². The van der Waals surface area contributed by atoms with Crippen molar-refractivity contribution >= 4 is 16.6 Å². The van der Waals surface area contributed by atoms with Crippen LogP contribution in [0, 0.1) is 0 Å². The van der Waals surface area contributed by atoms with Crippen LogP contribution in [0.1, 0.15) is 12.5 Å². The summed E-state index contributed by atoms with van der Waals surface area (Å²) < 4.78 is 0. The molecular weight excluding hydrogens is 276 g/mol. The van der Waals surface area contributed by atoms with E-state index >= 15 is 0 Å². The number of nitrogens with zero attached hydrogens (tertiary/aromatic N) is 1. The maximum absolute atomic E-state index is 12.2. The van der Waals surface area contributed by atoms with Gasteiger partial charge in [-0.2, -0.15) is 0 Å². The van der Waals surface area contributed by atoms with Crippen molar-refractivity contribution in [3.05, 3.63) is 70.5 Å². The Labute approximate surface area is 128 Å². The van der Waals surface area contributed by atoms with Crippen LogP contribution in [-0.4, -0.2) is 16.6 Å². The van der Waals surface area contributed by atoms with E-state index < -0.39 is 0 Å². The predicted octanol–water partition coefficient (Wildman–Crippen LogP) is 3.26. The first-order valence-electron chi connectivity index (χ1n) is 7.32. The number of H-pyrrole nitrogens is 1. The molecule has 2 aromatic carbocycles. The number of rotatable bonds is 4. The Hall–Kier alpha value is -2.75. The van der Waals surface area contributed by atoms with Gasteiger partial charge in [-0.25, -0.2) is 0 Å². The van der Waals surface area contributed by atoms with Crippen molar-refractivity contribution in [3.63, 3.8) is 0 Å². The first-order chi connectivity index (χ1) is 10.7. The van der Waals surface area contributed by atoms with Gasteiger partial charge in [-0.05, 0) is 48.7 Å². The first kappa shape index (κ1) is 14.2. The Balaban J connectivity index is 1.95. The first-order valence-corrected chi connectivity index (χ1v) is 7.32. The summed E-state index contributed by atoms with van der Waals surface area (Å²) in [5.41, 5.74) is 2.50. The highest BCUT2D eigenvalue weighted by Gasteiger charge is 2.09. The molecule has 1 heterocycles. The molecule has 0 amide bonds. The fourth-order valence-electron chi connectivity index (χ4n) is 2.56. The van der Waals surface area contributed by atoms with Crippen LogP contribution in [0.3, 0.4) is 0 Å². The zero-order chi connectivity index (χ0) is 15.5. The van der Waals surface area contributed by atoms with Crippen molar-refractivity contribution in [2.45, 2.75) is 13.5 Å². The fraction of sp³-hybridized carbons (Fsp3) is 0.167. The zero-order valence-electron chi connectivity index (χ0n) is 12.4. The van der Waals surface area contributed by atoms with Crippen molar-refractivity contribution in [3.8, 4) is 5.75 Å². The quantitative estimate of drug-likeness (QED) is 0.776. The number of phenols is 1. The smallest absolute Gasteiger partial charge is 0.253 e. The Bertz CT molecular complexity index is 838. The summed E-state index contributed by atoms with van der Waals surface area (Å²) in [4.78, 5) is 17.3. The lowest BCUT2D eigenvalue weighted by molar-refractivity contribution is 0.475. The van der Waals surface area contributed by atoms with Crippen LogP contribution in [0.25, 0.3) is 10.9 Å². The van der Waals surface area contributed by atoms with Gasteiger partial charge in [-0.1, -0.05) is 18.2 Å². The lowest BCUT2D eigenvalue weighted by atomic mass is 10.1. The van der Waals surface area contributed by atoms with Gasteiger partial charge in [-0.15, -0.1) is 0 Å². The normalized spacial score (nSPS) is 10.8. The van der Waals surface area contributed by atoms with E-state index in [-0.39, 0.29) is 11.3 Å². The van der Waals surface area contributed by atoms with E-state index in [2.05, 4.69) is 9.88 Å². The minimum absolute atomic E-state index is 0.0593. The van der Waals surface area contributed by atoms with Crippen LogP contribution in [-0.2, 0) is 6.54 Å². The molecule has 0 radical (unpaired) electrons. The van der Waals surface area contributed by atoms with Crippen molar-refractivity contribution in [2.24, 2.45) is 0 Å². The molecule has 22 heavy (non-hydrogen) atoms. The Morgan fingerprint density at radius 2 is 1.82 bits per heavy atom. The Morgan fingerprint density at radius 1 is 1.09 bits per heavy atom. The molecule has 3 rings (SSSR count). The van der Waals surface area contributed by atoms with E-state index in [0.717, 1.165) is 28.7 Å². The number of aromatic amines is 1. The van der Waals surface area contributed by atoms with Crippen LogP contribution in [0.2, 0.25) is 0 Å². The molecule has 0 bridgehead atoms. The lowest BCUT2D eigenvalue weighted by Crippen LogP contribution is -2.26. The molecule has 2 N–H and O–H groups in total. The number of pyridine rings is 1. The van der Waals surface area contributed by atoms with E-state index in [0.29, 0.717) is 6.54 Å². The molecule has 0 spiro atoms. The van der Waals surface area contributed by atoms with Gasteiger partial charge in [0.2, 0.25) is 0 Å². The molecule has 0 saturated carbocycles. The number of aromatic nitrogens is 1. The summed E-state index contributed by atoms with van der Waals surface area (Å²) in [6, 6.07) is 16.7. The summed E-state index contributed by atoms with van der Waals surface area (Å²) in [6.45, 7) is 3.35. The Morgan fingerprint density at radius 3 is 2.55 bits per heavy atom. The number of para-hydroxylation sites is 1. The average molecular weight is 294 g/mol. The highest BCUT2D eigenvalue weighted by atomic mass is 16.3. The number of hydrogen-bond acceptors (Lipinski definition) is 3. The maximum Gasteiger partial charge on any atom is 0.253 e. The minimum atomic E-state index is -0.0593. The van der Waals surface area contributed by atoms with Crippen molar-refractivity contribution < 1.29 is 5.11 Å². The van der Waals surface area contributed by atoms with Gasteiger partial charge in [0.1, 0.15) is 5.75 Å². The molecule has 0 aliphatic heterocycles. The average Bonchev–Trinajstić information content (AvgIpc) is 2.54. The maximum atomic E-state index is 12.2. The van der Waals surface area contributed by atoms with Gasteiger partial charge in [0.25, 0.3) is 5.56 Å². The topological polar surface area (TPSA) is 56.3 Å². The van der Waals surface area contributed by atoms with Gasteiger partial charge in [0.15, 0.2) is 0 Å². The third-order valence-corrected chi connectivity index (χ3v) is 3.79. The zero-order valence-corrected chi connectivity index (χ0v) is 12.4. The summed E-state index contributed by atoms with van der Waals surface area (Å²) in [5, 5.41) is 10.4. The lowest BCUT2D eigenvalue weighted by Gasteiger charge is -2.23. The molecule has 4 nitrogen and oxygen atoms in total. The van der Waals surface area contributed by atoms with Gasteiger partial charge in [0.05, 0.1) is 0 Å². The van der Waals surface area contributed by atoms with E-state index in [9.17, 15) is 9.90 Å². The van der Waals surface area contributed by atoms with Crippen molar-refractivity contribution in [2.75, 3.05) is 11.4 Å². The number of phenolic OH excluding ortho intramolecular Hbond substituents is 1. The summed E-state index contributed by atoms with van der Waals surface area (Å²) >= 11 is 0. The summed E-state index contributed by atoms with van der Waals surface area (Å²) in [5.74, 6) is 0.239. The monoisotopic (exact) mass is 294 g/mol. The van der Waals surface area contributed by atoms with Crippen LogP contribution in [0.5, 0.6) is 5.75 Å².